The van der Waals surface area contributed by atoms with Gasteiger partial charge >= 0.3 is 0 Å². The fourth-order valence-electron chi connectivity index (χ4n) is 4.26. The number of carbonyl (C=O) groups is 1. The number of fused-ring (bicyclic) bond motifs is 1. The summed E-state index contributed by atoms with van der Waals surface area (Å²) in [5, 5.41) is 14.3. The topological polar surface area (TPSA) is 141 Å². The summed E-state index contributed by atoms with van der Waals surface area (Å²) in [6, 6.07) is 12.7. The molecule has 0 aliphatic carbocycles. The van der Waals surface area contributed by atoms with E-state index in [4.69, 9.17) is 5.73 Å². The molecule has 0 saturated carbocycles. The molecule has 9 nitrogen and oxygen atoms in total. The second kappa shape index (κ2) is 11.9. The zero-order valence-electron chi connectivity index (χ0n) is 23.1. The van der Waals surface area contributed by atoms with Crippen LogP contribution in [0.1, 0.15) is 46.0 Å². The van der Waals surface area contributed by atoms with Crippen LogP contribution in [0.3, 0.4) is 0 Å². The highest BCUT2D eigenvalue weighted by molar-refractivity contribution is 7.89. The Morgan fingerprint density at radius 3 is 2.39 bits per heavy atom. The SMILES string of the molecule is Cc1nc2ccc(S(=O)(=O)N(CC(C)C)CC(O)[C@H](Cc3ccccc3)NC(=O)[C@@H](N)C(C)(C)C)cc2[nH]1. The van der Waals surface area contributed by atoms with Crippen LogP contribution in [-0.2, 0) is 21.2 Å². The number of carbonyl (C=O) groups excluding carboxylic acids is 1. The Bertz CT molecular complexity index is 1330. The van der Waals surface area contributed by atoms with E-state index in [-0.39, 0.29) is 23.9 Å². The standard InChI is InChI=1S/C28H41N5O4S/c1-18(2)16-33(38(36,37)21-12-13-22-23(15-21)31-19(3)30-22)17-25(34)24(14-20-10-8-7-9-11-20)32-27(35)26(29)28(4,5)6/h7-13,15,18,24-26,34H,14,16-17,29H2,1-6H3,(H,30,31)(H,32,35)/t24-,25?,26+/m0/s1. The Balaban J connectivity index is 1.91. The van der Waals surface area contributed by atoms with Gasteiger partial charge in [-0.25, -0.2) is 13.4 Å². The average Bonchev–Trinajstić information content (AvgIpc) is 3.21. The molecule has 0 bridgehead atoms. The van der Waals surface area contributed by atoms with Crippen LogP contribution in [0.2, 0.25) is 0 Å². The number of imidazole rings is 1. The van der Waals surface area contributed by atoms with Gasteiger partial charge < -0.3 is 21.1 Å². The first-order valence-corrected chi connectivity index (χ1v) is 14.4. The predicted octanol–water partition coefficient (Wildman–Crippen LogP) is 2.98. The van der Waals surface area contributed by atoms with E-state index in [2.05, 4.69) is 15.3 Å². The predicted molar refractivity (Wildman–Crippen MR) is 150 cm³/mol. The Morgan fingerprint density at radius 1 is 1.13 bits per heavy atom. The van der Waals surface area contributed by atoms with Crippen LogP contribution in [-0.4, -0.2) is 65.0 Å². The van der Waals surface area contributed by atoms with Crippen LogP contribution < -0.4 is 11.1 Å². The maximum atomic E-state index is 13.8. The van der Waals surface area contributed by atoms with Crippen molar-refractivity contribution in [2.24, 2.45) is 17.1 Å². The van der Waals surface area contributed by atoms with Gasteiger partial charge in [0.15, 0.2) is 0 Å². The molecule has 38 heavy (non-hydrogen) atoms. The van der Waals surface area contributed by atoms with E-state index in [1.807, 2.05) is 71.9 Å². The van der Waals surface area contributed by atoms with Crippen LogP contribution in [0.4, 0.5) is 0 Å². The molecule has 3 rings (SSSR count). The smallest absolute Gasteiger partial charge is 0.243 e. The summed E-state index contributed by atoms with van der Waals surface area (Å²) >= 11 is 0. The second-order valence-corrected chi connectivity index (χ2v) is 13.4. The van der Waals surface area contributed by atoms with Gasteiger partial charge in [-0.2, -0.15) is 4.31 Å². The van der Waals surface area contributed by atoms with Gasteiger partial charge in [-0.1, -0.05) is 65.0 Å². The highest BCUT2D eigenvalue weighted by atomic mass is 32.2. The van der Waals surface area contributed by atoms with E-state index in [0.717, 1.165) is 5.56 Å². The summed E-state index contributed by atoms with van der Waals surface area (Å²) in [5.41, 5.74) is 7.91. The number of nitrogens with one attached hydrogen (secondary N) is 2. The van der Waals surface area contributed by atoms with E-state index >= 15 is 0 Å². The number of benzene rings is 2. The van der Waals surface area contributed by atoms with Crippen molar-refractivity contribution in [3.8, 4) is 0 Å². The highest BCUT2D eigenvalue weighted by Crippen LogP contribution is 2.23. The maximum absolute atomic E-state index is 13.8. The lowest BCUT2D eigenvalue weighted by Crippen LogP contribution is -2.56. The van der Waals surface area contributed by atoms with E-state index in [0.29, 0.717) is 23.3 Å². The molecule has 0 radical (unpaired) electrons. The molecule has 1 amide bonds. The van der Waals surface area contributed by atoms with Crippen LogP contribution in [0.15, 0.2) is 53.4 Å². The minimum atomic E-state index is -3.96. The number of H-pyrrole nitrogens is 1. The number of aliphatic hydroxyl groups excluding tert-OH is 1. The summed E-state index contributed by atoms with van der Waals surface area (Å²) in [6.45, 7) is 11.3. The zero-order chi connectivity index (χ0) is 28.3. The van der Waals surface area contributed by atoms with E-state index in [1.165, 1.54) is 10.4 Å². The third kappa shape index (κ3) is 7.41. The molecule has 0 spiro atoms. The summed E-state index contributed by atoms with van der Waals surface area (Å²) < 4.78 is 28.8. The highest BCUT2D eigenvalue weighted by Gasteiger charge is 2.34. The molecule has 0 aliphatic heterocycles. The summed E-state index contributed by atoms with van der Waals surface area (Å²) in [7, 11) is -3.96. The first-order valence-electron chi connectivity index (χ1n) is 12.9. The maximum Gasteiger partial charge on any atom is 0.243 e. The largest absolute Gasteiger partial charge is 0.390 e. The zero-order valence-corrected chi connectivity index (χ0v) is 23.9. The quantitative estimate of drug-likeness (QED) is 0.293. The normalized spacial score (nSPS) is 15.1. The fourth-order valence-corrected chi connectivity index (χ4v) is 5.91. The molecular weight excluding hydrogens is 502 g/mol. The molecule has 1 aromatic heterocycles. The first kappa shape index (κ1) is 29.8. The molecule has 10 heteroatoms. The number of aromatic amines is 1. The number of rotatable bonds is 11. The molecule has 1 heterocycles. The molecule has 0 aliphatic rings. The van der Waals surface area contributed by atoms with Crippen molar-refractivity contribution in [1.82, 2.24) is 19.6 Å². The van der Waals surface area contributed by atoms with Crippen molar-refractivity contribution in [1.29, 1.82) is 0 Å². The first-order chi connectivity index (χ1) is 17.7. The van der Waals surface area contributed by atoms with Gasteiger partial charge in [-0.3, -0.25) is 4.79 Å². The van der Waals surface area contributed by atoms with Gasteiger partial charge in [0.1, 0.15) is 5.82 Å². The number of nitrogens with zero attached hydrogens (tertiary/aromatic N) is 2. The van der Waals surface area contributed by atoms with Gasteiger partial charge in [0.25, 0.3) is 0 Å². The molecule has 1 unspecified atom stereocenters. The third-order valence-electron chi connectivity index (χ3n) is 6.48. The lowest BCUT2D eigenvalue weighted by Gasteiger charge is -2.33. The summed E-state index contributed by atoms with van der Waals surface area (Å²) in [6.07, 6.45) is -0.863. The number of hydrogen-bond donors (Lipinski definition) is 4. The lowest BCUT2D eigenvalue weighted by atomic mass is 9.86. The fraction of sp³-hybridized carbons (Fsp3) is 0.500. The average molecular weight is 544 g/mol. The van der Waals surface area contributed by atoms with Gasteiger partial charge in [0, 0.05) is 13.1 Å². The van der Waals surface area contributed by atoms with Gasteiger partial charge in [0.2, 0.25) is 15.9 Å². The molecule has 5 N–H and O–H groups in total. The molecule has 2 aromatic carbocycles. The molecular formula is C28H41N5O4S. The minimum Gasteiger partial charge on any atom is -0.390 e. The monoisotopic (exact) mass is 543 g/mol. The molecule has 0 saturated heterocycles. The number of sulfonamides is 1. The van der Waals surface area contributed by atoms with Gasteiger partial charge in [0.05, 0.1) is 34.1 Å². The summed E-state index contributed by atoms with van der Waals surface area (Å²) in [5.74, 6) is 0.305. The number of hydrogen-bond acceptors (Lipinski definition) is 6. The van der Waals surface area contributed by atoms with Crippen molar-refractivity contribution in [2.45, 2.75) is 71.0 Å². The van der Waals surface area contributed by atoms with Gasteiger partial charge in [-0.15, -0.1) is 0 Å². The molecule has 0 fully saturated rings. The minimum absolute atomic E-state index is 0.00609. The molecule has 3 aromatic rings. The third-order valence-corrected chi connectivity index (χ3v) is 8.30. The van der Waals surface area contributed by atoms with Crippen molar-refractivity contribution in [2.75, 3.05) is 13.1 Å². The van der Waals surface area contributed by atoms with Crippen molar-refractivity contribution >= 4 is 27.0 Å². The molecule has 208 valence electrons. The summed E-state index contributed by atoms with van der Waals surface area (Å²) in [4.78, 5) is 20.5. The molecule has 3 atom stereocenters. The Morgan fingerprint density at radius 2 is 1.79 bits per heavy atom. The van der Waals surface area contributed by atoms with Crippen molar-refractivity contribution in [3.63, 3.8) is 0 Å². The van der Waals surface area contributed by atoms with Crippen LogP contribution >= 0.6 is 0 Å². The lowest BCUT2D eigenvalue weighted by molar-refractivity contribution is -0.126. The number of aromatic nitrogens is 2. The number of nitrogens with two attached hydrogens (primary N) is 1. The number of aliphatic hydroxyl groups is 1. The van der Waals surface area contributed by atoms with E-state index in [9.17, 15) is 18.3 Å². The van der Waals surface area contributed by atoms with Crippen LogP contribution in [0.5, 0.6) is 0 Å². The number of aryl methyl sites for hydroxylation is 1. The Labute approximate surface area is 225 Å². The Kier molecular flexibility index (Phi) is 9.35. The second-order valence-electron chi connectivity index (χ2n) is 11.4. The Hall–Kier alpha value is -2.79. The van der Waals surface area contributed by atoms with Crippen LogP contribution in [0.25, 0.3) is 11.0 Å². The van der Waals surface area contributed by atoms with Crippen molar-refractivity contribution in [3.05, 3.63) is 59.9 Å². The van der Waals surface area contributed by atoms with E-state index in [1.54, 1.807) is 12.1 Å². The van der Waals surface area contributed by atoms with E-state index < -0.39 is 39.5 Å². The number of amides is 1. The van der Waals surface area contributed by atoms with Gasteiger partial charge in [-0.05, 0) is 48.4 Å². The van der Waals surface area contributed by atoms with Crippen LogP contribution in [0, 0.1) is 18.3 Å². The van der Waals surface area contributed by atoms with Crippen molar-refractivity contribution < 1.29 is 18.3 Å².